The molecular formula is C18H19Cl3N4O2. The second-order valence-corrected chi connectivity index (χ2v) is 6.97. The van der Waals surface area contributed by atoms with Crippen LogP contribution in [0.25, 0.3) is 0 Å². The molecule has 0 fully saturated rings. The maximum atomic E-state index is 12.3. The Bertz CT molecular complexity index is 817. The van der Waals surface area contributed by atoms with Gasteiger partial charge in [0.2, 0.25) is 11.8 Å². The molecule has 2 amide bonds. The summed E-state index contributed by atoms with van der Waals surface area (Å²) in [6.07, 6.45) is 2.32. The minimum absolute atomic E-state index is 0.0425. The predicted octanol–water partition coefficient (Wildman–Crippen LogP) is 4.33. The zero-order valence-corrected chi connectivity index (χ0v) is 16.9. The summed E-state index contributed by atoms with van der Waals surface area (Å²) in [7, 11) is 0. The van der Waals surface area contributed by atoms with Crippen molar-refractivity contribution in [3.8, 4) is 0 Å². The summed E-state index contributed by atoms with van der Waals surface area (Å²) in [5, 5.41) is 6.46. The predicted molar refractivity (Wildman–Crippen MR) is 110 cm³/mol. The van der Waals surface area contributed by atoms with E-state index < -0.39 is 0 Å². The van der Waals surface area contributed by atoms with Gasteiger partial charge in [0.15, 0.2) is 5.15 Å². The van der Waals surface area contributed by atoms with Crippen LogP contribution in [0.15, 0.2) is 36.5 Å². The number of benzene rings is 1. The van der Waals surface area contributed by atoms with Gasteiger partial charge in [-0.05, 0) is 43.3 Å². The third-order valence-corrected chi connectivity index (χ3v) is 4.36. The highest BCUT2D eigenvalue weighted by Gasteiger charge is 2.16. The van der Waals surface area contributed by atoms with Crippen LogP contribution in [-0.2, 0) is 9.59 Å². The van der Waals surface area contributed by atoms with Crippen molar-refractivity contribution in [2.45, 2.75) is 13.3 Å². The Balaban J connectivity index is 1.94. The molecule has 6 nitrogen and oxygen atoms in total. The molecule has 1 aromatic heterocycles. The maximum absolute atomic E-state index is 12.3. The number of aromatic nitrogens is 1. The Labute approximate surface area is 172 Å². The first-order valence-electron chi connectivity index (χ1n) is 8.26. The monoisotopic (exact) mass is 428 g/mol. The first-order chi connectivity index (χ1) is 12.9. The number of hydrogen-bond acceptors (Lipinski definition) is 4. The average Bonchev–Trinajstić information content (AvgIpc) is 2.59. The molecule has 2 rings (SSSR count). The topological polar surface area (TPSA) is 74.3 Å². The highest BCUT2D eigenvalue weighted by atomic mass is 35.5. The third-order valence-electron chi connectivity index (χ3n) is 3.51. The lowest BCUT2D eigenvalue weighted by Gasteiger charge is -2.21. The van der Waals surface area contributed by atoms with Crippen molar-refractivity contribution < 1.29 is 9.59 Å². The Hall–Kier alpha value is -1.86. The van der Waals surface area contributed by atoms with Crippen molar-refractivity contribution in [1.29, 1.82) is 0 Å². The van der Waals surface area contributed by atoms with Crippen LogP contribution in [0, 0.1) is 0 Å². The number of carbonyl (C=O) groups is 2. The molecule has 0 radical (unpaired) electrons. The summed E-state index contributed by atoms with van der Waals surface area (Å²) >= 11 is 17.9. The molecule has 0 bridgehead atoms. The molecule has 0 saturated heterocycles. The lowest BCUT2D eigenvalue weighted by molar-refractivity contribution is -0.120. The SMILES string of the molecule is CCCN(CC(=O)Nc1ccc(Cl)cc1Cl)CC(=O)Nc1cccnc1Cl. The molecule has 1 aromatic carbocycles. The molecule has 0 saturated carbocycles. The van der Waals surface area contributed by atoms with E-state index in [1.54, 1.807) is 35.2 Å². The molecule has 0 unspecified atom stereocenters. The molecule has 0 aliphatic rings. The minimum Gasteiger partial charge on any atom is -0.324 e. The maximum Gasteiger partial charge on any atom is 0.238 e. The molecule has 0 aliphatic heterocycles. The smallest absolute Gasteiger partial charge is 0.238 e. The molecule has 2 N–H and O–H groups in total. The van der Waals surface area contributed by atoms with Gasteiger partial charge in [-0.2, -0.15) is 0 Å². The number of amides is 2. The van der Waals surface area contributed by atoms with E-state index in [-0.39, 0.29) is 30.1 Å². The number of anilines is 2. The first kappa shape index (κ1) is 21.4. The molecule has 144 valence electrons. The van der Waals surface area contributed by atoms with E-state index in [0.717, 1.165) is 6.42 Å². The molecule has 1 heterocycles. The standard InChI is InChI=1S/C18H19Cl3N4O2/c1-2-8-25(11-17(27)24-15-4-3-7-22-18(15)21)10-16(26)23-14-6-5-12(19)9-13(14)20/h3-7,9H,2,8,10-11H2,1H3,(H,23,26)(H,24,27). The van der Waals surface area contributed by atoms with Crippen molar-refractivity contribution in [2.75, 3.05) is 30.3 Å². The fourth-order valence-electron chi connectivity index (χ4n) is 2.39. The molecule has 2 aromatic rings. The lowest BCUT2D eigenvalue weighted by atomic mass is 10.3. The highest BCUT2D eigenvalue weighted by molar-refractivity contribution is 6.36. The zero-order valence-electron chi connectivity index (χ0n) is 14.6. The average molecular weight is 430 g/mol. The van der Waals surface area contributed by atoms with Crippen LogP contribution < -0.4 is 10.6 Å². The van der Waals surface area contributed by atoms with Crippen LogP contribution in [0.1, 0.15) is 13.3 Å². The van der Waals surface area contributed by atoms with E-state index in [1.807, 2.05) is 6.92 Å². The van der Waals surface area contributed by atoms with Gasteiger partial charge in [0.25, 0.3) is 0 Å². The van der Waals surface area contributed by atoms with Crippen LogP contribution in [0.4, 0.5) is 11.4 Å². The summed E-state index contributed by atoms with van der Waals surface area (Å²) in [5.74, 6) is -0.560. The fraction of sp³-hybridized carbons (Fsp3) is 0.278. The van der Waals surface area contributed by atoms with E-state index in [0.29, 0.717) is 28.0 Å². The second kappa shape index (κ2) is 10.5. The summed E-state index contributed by atoms with van der Waals surface area (Å²) in [6.45, 7) is 2.63. The summed E-state index contributed by atoms with van der Waals surface area (Å²) < 4.78 is 0. The van der Waals surface area contributed by atoms with Crippen LogP contribution >= 0.6 is 34.8 Å². The lowest BCUT2D eigenvalue weighted by Crippen LogP contribution is -2.39. The zero-order chi connectivity index (χ0) is 19.8. The molecular weight excluding hydrogens is 411 g/mol. The summed E-state index contributed by atoms with van der Waals surface area (Å²) in [6, 6.07) is 8.15. The van der Waals surface area contributed by atoms with Crippen molar-refractivity contribution in [3.63, 3.8) is 0 Å². The molecule has 0 spiro atoms. The van der Waals surface area contributed by atoms with Gasteiger partial charge < -0.3 is 10.6 Å². The van der Waals surface area contributed by atoms with E-state index in [2.05, 4.69) is 15.6 Å². The number of hydrogen-bond donors (Lipinski definition) is 2. The minimum atomic E-state index is -0.282. The van der Waals surface area contributed by atoms with E-state index >= 15 is 0 Å². The van der Waals surface area contributed by atoms with Gasteiger partial charge in [-0.15, -0.1) is 0 Å². The van der Waals surface area contributed by atoms with Gasteiger partial charge in [0.05, 0.1) is 29.5 Å². The van der Waals surface area contributed by atoms with Gasteiger partial charge in [-0.3, -0.25) is 14.5 Å². The number of rotatable bonds is 8. The van der Waals surface area contributed by atoms with Crippen LogP contribution in [-0.4, -0.2) is 41.3 Å². The largest absolute Gasteiger partial charge is 0.324 e. The Morgan fingerprint density at radius 1 is 1.04 bits per heavy atom. The first-order valence-corrected chi connectivity index (χ1v) is 9.40. The van der Waals surface area contributed by atoms with E-state index in [9.17, 15) is 9.59 Å². The fourth-order valence-corrected chi connectivity index (χ4v) is 3.01. The molecule has 27 heavy (non-hydrogen) atoms. The highest BCUT2D eigenvalue weighted by Crippen LogP contribution is 2.25. The van der Waals surface area contributed by atoms with Crippen molar-refractivity contribution in [1.82, 2.24) is 9.88 Å². The quantitative estimate of drug-likeness (QED) is 0.613. The van der Waals surface area contributed by atoms with Gasteiger partial charge >= 0.3 is 0 Å². The van der Waals surface area contributed by atoms with Crippen LogP contribution in [0.2, 0.25) is 15.2 Å². The molecule has 0 aliphatic carbocycles. The molecule has 9 heteroatoms. The summed E-state index contributed by atoms with van der Waals surface area (Å²) in [5.41, 5.74) is 0.895. The second-order valence-electron chi connectivity index (χ2n) is 5.77. The number of pyridine rings is 1. The number of halogens is 3. The van der Waals surface area contributed by atoms with Gasteiger partial charge in [0.1, 0.15) is 0 Å². The number of carbonyl (C=O) groups excluding carboxylic acids is 2. The summed E-state index contributed by atoms with van der Waals surface area (Å²) in [4.78, 5) is 30.2. The molecule has 0 atom stereocenters. The van der Waals surface area contributed by atoms with E-state index in [4.69, 9.17) is 34.8 Å². The Kier molecular flexibility index (Phi) is 8.31. The Morgan fingerprint density at radius 2 is 1.70 bits per heavy atom. The van der Waals surface area contributed by atoms with Gasteiger partial charge in [-0.1, -0.05) is 41.7 Å². The van der Waals surface area contributed by atoms with Crippen molar-refractivity contribution in [2.24, 2.45) is 0 Å². The Morgan fingerprint density at radius 3 is 2.30 bits per heavy atom. The van der Waals surface area contributed by atoms with Crippen molar-refractivity contribution >= 4 is 58.0 Å². The van der Waals surface area contributed by atoms with E-state index in [1.165, 1.54) is 6.20 Å². The van der Waals surface area contributed by atoms with Gasteiger partial charge in [-0.25, -0.2) is 4.98 Å². The number of nitrogens with zero attached hydrogens (tertiary/aromatic N) is 2. The van der Waals surface area contributed by atoms with Gasteiger partial charge in [0, 0.05) is 11.2 Å². The van der Waals surface area contributed by atoms with Crippen LogP contribution in [0.3, 0.4) is 0 Å². The third kappa shape index (κ3) is 6.99. The number of nitrogens with one attached hydrogen (secondary N) is 2. The van der Waals surface area contributed by atoms with Crippen molar-refractivity contribution in [3.05, 3.63) is 51.7 Å². The normalized spacial score (nSPS) is 10.7. The van der Waals surface area contributed by atoms with Crippen LogP contribution in [0.5, 0.6) is 0 Å².